The van der Waals surface area contributed by atoms with Crippen LogP contribution in [-0.2, 0) is 9.53 Å². The Morgan fingerprint density at radius 3 is 2.44 bits per heavy atom. The molecule has 0 aliphatic rings. The first-order valence-corrected chi connectivity index (χ1v) is 5.84. The summed E-state index contributed by atoms with van der Waals surface area (Å²) in [6.45, 7) is 1.72. The Morgan fingerprint density at radius 2 is 1.89 bits per heavy atom. The zero-order valence-electron chi connectivity index (χ0n) is 11.2. The van der Waals surface area contributed by atoms with Gasteiger partial charge in [-0.15, -0.1) is 0 Å². The predicted octanol–water partition coefficient (Wildman–Crippen LogP) is 0.810. The third kappa shape index (κ3) is 4.35. The summed E-state index contributed by atoms with van der Waals surface area (Å²) in [5, 5.41) is 0. The lowest BCUT2D eigenvalue weighted by atomic mass is 10.2. The lowest BCUT2D eigenvalue weighted by Crippen LogP contribution is -2.37. The summed E-state index contributed by atoms with van der Waals surface area (Å²) < 4.78 is 4.97. The molecule has 100 valence electrons. The molecule has 0 spiro atoms. The molecule has 0 saturated heterocycles. The number of carbonyl (C=O) groups excluding carboxylic acids is 1. The SMILES string of the molecule is COCCN(C)CC(=O)N(C)c1ccc(N)cc1. The number of hydrogen-bond donors (Lipinski definition) is 1. The van der Waals surface area contributed by atoms with Gasteiger partial charge in [0.1, 0.15) is 0 Å². The number of amides is 1. The number of anilines is 2. The van der Waals surface area contributed by atoms with E-state index >= 15 is 0 Å². The van der Waals surface area contributed by atoms with Gasteiger partial charge in [-0.1, -0.05) is 0 Å². The Labute approximate surface area is 108 Å². The minimum absolute atomic E-state index is 0.0402. The van der Waals surface area contributed by atoms with Gasteiger partial charge in [0.25, 0.3) is 0 Å². The fourth-order valence-corrected chi connectivity index (χ4v) is 1.51. The molecule has 1 amide bonds. The third-order valence-corrected chi connectivity index (χ3v) is 2.74. The molecule has 1 aromatic carbocycles. The average molecular weight is 251 g/mol. The first-order chi connectivity index (χ1) is 8.54. The number of methoxy groups -OCH3 is 1. The van der Waals surface area contributed by atoms with Crippen LogP contribution in [-0.4, -0.2) is 51.7 Å². The Bertz CT molecular complexity index is 378. The van der Waals surface area contributed by atoms with Crippen LogP contribution in [0.5, 0.6) is 0 Å². The number of rotatable bonds is 6. The van der Waals surface area contributed by atoms with Crippen molar-refractivity contribution in [1.29, 1.82) is 0 Å². The van der Waals surface area contributed by atoms with Crippen molar-refractivity contribution in [3.05, 3.63) is 24.3 Å². The van der Waals surface area contributed by atoms with Gasteiger partial charge in [-0.3, -0.25) is 9.69 Å². The highest BCUT2D eigenvalue weighted by molar-refractivity contribution is 5.94. The summed E-state index contributed by atoms with van der Waals surface area (Å²) in [5.41, 5.74) is 7.15. The molecule has 0 unspecified atom stereocenters. The van der Waals surface area contributed by atoms with Crippen LogP contribution in [0, 0.1) is 0 Å². The molecule has 1 rings (SSSR count). The average Bonchev–Trinajstić information content (AvgIpc) is 2.36. The Hall–Kier alpha value is -1.59. The van der Waals surface area contributed by atoms with Crippen molar-refractivity contribution in [2.45, 2.75) is 0 Å². The van der Waals surface area contributed by atoms with Crippen LogP contribution in [0.1, 0.15) is 0 Å². The minimum Gasteiger partial charge on any atom is -0.399 e. The lowest BCUT2D eigenvalue weighted by molar-refractivity contribution is -0.119. The fourth-order valence-electron chi connectivity index (χ4n) is 1.51. The summed E-state index contributed by atoms with van der Waals surface area (Å²) in [4.78, 5) is 15.6. The Balaban J connectivity index is 2.53. The molecule has 0 bridgehead atoms. The molecular weight excluding hydrogens is 230 g/mol. The fraction of sp³-hybridized carbons (Fsp3) is 0.462. The van der Waals surface area contributed by atoms with Crippen molar-refractivity contribution in [3.63, 3.8) is 0 Å². The normalized spacial score (nSPS) is 10.7. The first kappa shape index (κ1) is 14.5. The molecule has 5 nitrogen and oxygen atoms in total. The highest BCUT2D eigenvalue weighted by atomic mass is 16.5. The molecule has 0 radical (unpaired) electrons. The number of likely N-dealkylation sites (N-methyl/N-ethyl adjacent to an activating group) is 2. The van der Waals surface area contributed by atoms with E-state index in [2.05, 4.69) is 0 Å². The maximum absolute atomic E-state index is 12.0. The zero-order valence-corrected chi connectivity index (χ0v) is 11.2. The second-order valence-electron chi connectivity index (χ2n) is 4.27. The summed E-state index contributed by atoms with van der Waals surface area (Å²) in [6, 6.07) is 7.24. The largest absolute Gasteiger partial charge is 0.399 e. The van der Waals surface area contributed by atoms with Gasteiger partial charge < -0.3 is 15.4 Å². The highest BCUT2D eigenvalue weighted by Gasteiger charge is 2.12. The molecular formula is C13H21N3O2. The van der Waals surface area contributed by atoms with Gasteiger partial charge in [0.2, 0.25) is 5.91 Å². The standard InChI is InChI=1S/C13H21N3O2/c1-15(8-9-18-3)10-13(17)16(2)12-6-4-11(14)5-7-12/h4-7H,8-10,14H2,1-3H3. The van der Waals surface area contributed by atoms with E-state index < -0.39 is 0 Å². The molecule has 0 heterocycles. The van der Waals surface area contributed by atoms with Gasteiger partial charge in [-0.2, -0.15) is 0 Å². The van der Waals surface area contributed by atoms with E-state index in [0.717, 1.165) is 12.2 Å². The van der Waals surface area contributed by atoms with E-state index in [0.29, 0.717) is 18.8 Å². The molecule has 18 heavy (non-hydrogen) atoms. The second-order valence-corrected chi connectivity index (χ2v) is 4.27. The quantitative estimate of drug-likeness (QED) is 0.760. The van der Waals surface area contributed by atoms with Crippen molar-refractivity contribution >= 4 is 17.3 Å². The van der Waals surface area contributed by atoms with Crippen LogP contribution >= 0.6 is 0 Å². The zero-order chi connectivity index (χ0) is 13.5. The smallest absolute Gasteiger partial charge is 0.240 e. The van der Waals surface area contributed by atoms with E-state index in [1.807, 2.05) is 24.1 Å². The van der Waals surface area contributed by atoms with Crippen LogP contribution in [0.2, 0.25) is 0 Å². The summed E-state index contributed by atoms with van der Waals surface area (Å²) in [6.07, 6.45) is 0. The highest BCUT2D eigenvalue weighted by Crippen LogP contribution is 2.14. The van der Waals surface area contributed by atoms with E-state index in [4.69, 9.17) is 10.5 Å². The van der Waals surface area contributed by atoms with Crippen molar-refractivity contribution in [1.82, 2.24) is 4.90 Å². The van der Waals surface area contributed by atoms with Crippen molar-refractivity contribution < 1.29 is 9.53 Å². The topological polar surface area (TPSA) is 58.8 Å². The van der Waals surface area contributed by atoms with Crippen LogP contribution in [0.15, 0.2) is 24.3 Å². The first-order valence-electron chi connectivity index (χ1n) is 5.84. The predicted molar refractivity (Wildman–Crippen MR) is 73.6 cm³/mol. The van der Waals surface area contributed by atoms with Gasteiger partial charge in [-0.25, -0.2) is 0 Å². The lowest BCUT2D eigenvalue weighted by Gasteiger charge is -2.21. The summed E-state index contributed by atoms with van der Waals surface area (Å²) in [5.74, 6) is 0.0402. The van der Waals surface area contributed by atoms with Gasteiger partial charge in [-0.05, 0) is 31.3 Å². The van der Waals surface area contributed by atoms with E-state index in [9.17, 15) is 4.79 Å². The van der Waals surface area contributed by atoms with E-state index in [1.54, 1.807) is 31.2 Å². The Morgan fingerprint density at radius 1 is 1.28 bits per heavy atom. The molecule has 1 aromatic rings. The van der Waals surface area contributed by atoms with Crippen LogP contribution < -0.4 is 10.6 Å². The van der Waals surface area contributed by atoms with Gasteiger partial charge in [0.05, 0.1) is 13.2 Å². The third-order valence-electron chi connectivity index (χ3n) is 2.74. The molecule has 2 N–H and O–H groups in total. The van der Waals surface area contributed by atoms with Gasteiger partial charge >= 0.3 is 0 Å². The number of nitrogen functional groups attached to an aromatic ring is 1. The van der Waals surface area contributed by atoms with Crippen LogP contribution in [0.25, 0.3) is 0 Å². The molecule has 0 aromatic heterocycles. The molecule has 5 heteroatoms. The van der Waals surface area contributed by atoms with Gasteiger partial charge in [0.15, 0.2) is 0 Å². The number of nitrogens with two attached hydrogens (primary N) is 1. The van der Waals surface area contributed by atoms with Crippen molar-refractivity contribution in [2.24, 2.45) is 0 Å². The van der Waals surface area contributed by atoms with Crippen molar-refractivity contribution in [3.8, 4) is 0 Å². The van der Waals surface area contributed by atoms with Crippen LogP contribution in [0.4, 0.5) is 11.4 Å². The summed E-state index contributed by atoms with van der Waals surface area (Å²) in [7, 11) is 5.31. The van der Waals surface area contributed by atoms with Crippen LogP contribution in [0.3, 0.4) is 0 Å². The molecule has 0 aliphatic carbocycles. The molecule has 0 aliphatic heterocycles. The number of hydrogen-bond acceptors (Lipinski definition) is 4. The maximum Gasteiger partial charge on any atom is 0.240 e. The number of carbonyl (C=O) groups is 1. The minimum atomic E-state index is 0.0402. The monoisotopic (exact) mass is 251 g/mol. The number of benzene rings is 1. The maximum atomic E-state index is 12.0. The second kappa shape index (κ2) is 6.98. The Kier molecular flexibility index (Phi) is 5.61. The molecule has 0 saturated carbocycles. The summed E-state index contributed by atoms with van der Waals surface area (Å²) >= 11 is 0. The van der Waals surface area contributed by atoms with Gasteiger partial charge in [0, 0.05) is 32.1 Å². The number of ether oxygens (including phenoxy) is 1. The molecule has 0 fully saturated rings. The van der Waals surface area contributed by atoms with E-state index in [1.165, 1.54) is 0 Å². The molecule has 0 atom stereocenters. The van der Waals surface area contributed by atoms with E-state index in [-0.39, 0.29) is 5.91 Å². The number of nitrogens with zero attached hydrogens (tertiary/aromatic N) is 2. The van der Waals surface area contributed by atoms with Crippen molar-refractivity contribution in [2.75, 3.05) is 51.5 Å².